The van der Waals surface area contributed by atoms with E-state index in [1.165, 1.54) is 6.20 Å². The fraction of sp³-hybridized carbons (Fsp3) is 0.500. The monoisotopic (exact) mass is 248 g/mol. The Kier molecular flexibility index (Phi) is 4.20. The van der Waals surface area contributed by atoms with Gasteiger partial charge in [0.15, 0.2) is 0 Å². The first-order valence-corrected chi connectivity index (χ1v) is 5.46. The van der Waals surface area contributed by atoms with E-state index in [1.807, 2.05) is 13.8 Å². The normalized spacial score (nSPS) is 14.7. The van der Waals surface area contributed by atoms with E-state index in [9.17, 15) is 5.11 Å². The van der Waals surface area contributed by atoms with Crippen molar-refractivity contribution in [2.24, 2.45) is 0 Å². The molecule has 84 valence electrons. The first-order valence-electron chi connectivity index (χ1n) is 4.71. The molecule has 3 nitrogen and oxygen atoms in total. The Morgan fingerprint density at radius 2 is 2.20 bits per heavy atom. The van der Waals surface area contributed by atoms with Crippen LogP contribution in [0, 0.1) is 0 Å². The smallest absolute Gasteiger partial charge is 0.145 e. The lowest BCUT2D eigenvalue weighted by Gasteiger charge is -2.28. The van der Waals surface area contributed by atoms with Crippen molar-refractivity contribution in [2.45, 2.75) is 25.8 Å². The van der Waals surface area contributed by atoms with Crippen molar-refractivity contribution in [2.75, 3.05) is 11.9 Å². The Balaban J connectivity index is 2.89. The van der Waals surface area contributed by atoms with Crippen LogP contribution in [0.3, 0.4) is 0 Å². The van der Waals surface area contributed by atoms with E-state index in [2.05, 4.69) is 10.3 Å². The van der Waals surface area contributed by atoms with Crippen LogP contribution in [-0.2, 0) is 0 Å². The summed E-state index contributed by atoms with van der Waals surface area (Å²) in [6.45, 7) is 3.90. The maximum Gasteiger partial charge on any atom is 0.145 e. The number of nitrogens with zero attached hydrogens (tertiary/aromatic N) is 1. The highest BCUT2D eigenvalue weighted by atomic mass is 35.5. The summed E-state index contributed by atoms with van der Waals surface area (Å²) in [7, 11) is 0. The van der Waals surface area contributed by atoms with Crippen LogP contribution < -0.4 is 5.32 Å². The molecule has 0 amide bonds. The van der Waals surface area contributed by atoms with Gasteiger partial charge in [-0.1, -0.05) is 30.1 Å². The minimum atomic E-state index is -0.412. The van der Waals surface area contributed by atoms with Gasteiger partial charge in [0.05, 0.1) is 22.2 Å². The Hall–Kier alpha value is -0.510. The average Bonchev–Trinajstić information content (AvgIpc) is 2.22. The topological polar surface area (TPSA) is 45.1 Å². The second-order valence-corrected chi connectivity index (χ2v) is 4.52. The number of aliphatic hydroxyl groups is 1. The summed E-state index contributed by atoms with van der Waals surface area (Å²) < 4.78 is 0. The summed E-state index contributed by atoms with van der Waals surface area (Å²) in [6.07, 6.45) is 2.29. The van der Waals surface area contributed by atoms with Gasteiger partial charge in [0.1, 0.15) is 5.82 Å². The van der Waals surface area contributed by atoms with Crippen LogP contribution in [0.15, 0.2) is 12.3 Å². The summed E-state index contributed by atoms with van der Waals surface area (Å²) in [6, 6.07) is 1.62. The van der Waals surface area contributed by atoms with Crippen LogP contribution in [0.5, 0.6) is 0 Å². The summed E-state index contributed by atoms with van der Waals surface area (Å²) in [5, 5.41) is 13.3. The molecular formula is C10H14Cl2N2O. The zero-order chi connectivity index (χ0) is 11.5. The molecule has 1 unspecified atom stereocenters. The molecule has 0 aliphatic rings. The van der Waals surface area contributed by atoms with Crippen LogP contribution in [0.2, 0.25) is 10.0 Å². The van der Waals surface area contributed by atoms with E-state index in [-0.39, 0.29) is 6.61 Å². The highest BCUT2D eigenvalue weighted by molar-refractivity contribution is 6.35. The van der Waals surface area contributed by atoms with Gasteiger partial charge in [-0.15, -0.1) is 0 Å². The lowest BCUT2D eigenvalue weighted by Crippen LogP contribution is -2.38. The maximum atomic E-state index is 9.23. The summed E-state index contributed by atoms with van der Waals surface area (Å²) in [5.41, 5.74) is -0.412. The van der Waals surface area contributed by atoms with Crippen molar-refractivity contribution < 1.29 is 5.11 Å². The molecule has 1 atom stereocenters. The van der Waals surface area contributed by atoms with Gasteiger partial charge in [0.25, 0.3) is 0 Å². The molecule has 0 bridgehead atoms. The second kappa shape index (κ2) is 5.01. The van der Waals surface area contributed by atoms with E-state index in [4.69, 9.17) is 23.2 Å². The van der Waals surface area contributed by atoms with E-state index in [0.717, 1.165) is 6.42 Å². The molecule has 15 heavy (non-hydrogen) atoms. The third-order valence-corrected chi connectivity index (χ3v) is 2.85. The average molecular weight is 249 g/mol. The van der Waals surface area contributed by atoms with Crippen LogP contribution >= 0.6 is 23.2 Å². The molecule has 1 aromatic rings. The fourth-order valence-electron chi connectivity index (χ4n) is 1.03. The van der Waals surface area contributed by atoms with E-state index in [0.29, 0.717) is 15.9 Å². The highest BCUT2D eigenvalue weighted by Gasteiger charge is 2.22. The van der Waals surface area contributed by atoms with Crippen molar-refractivity contribution in [3.05, 3.63) is 22.3 Å². The number of rotatable bonds is 4. The van der Waals surface area contributed by atoms with Gasteiger partial charge in [-0.3, -0.25) is 0 Å². The molecule has 0 radical (unpaired) electrons. The van der Waals surface area contributed by atoms with Gasteiger partial charge in [0.2, 0.25) is 0 Å². The molecule has 1 heterocycles. The van der Waals surface area contributed by atoms with Crippen molar-refractivity contribution in [3.63, 3.8) is 0 Å². The third-order valence-electron chi connectivity index (χ3n) is 2.36. The van der Waals surface area contributed by atoms with E-state index in [1.54, 1.807) is 6.07 Å². The van der Waals surface area contributed by atoms with E-state index < -0.39 is 5.54 Å². The van der Waals surface area contributed by atoms with Crippen molar-refractivity contribution in [1.29, 1.82) is 0 Å². The Morgan fingerprint density at radius 3 is 2.67 bits per heavy atom. The van der Waals surface area contributed by atoms with Gasteiger partial charge >= 0.3 is 0 Å². The number of aliphatic hydroxyl groups excluding tert-OH is 1. The van der Waals surface area contributed by atoms with Crippen LogP contribution in [0.4, 0.5) is 5.82 Å². The largest absolute Gasteiger partial charge is 0.394 e. The molecule has 0 spiro atoms. The first-order chi connectivity index (χ1) is 7.00. The van der Waals surface area contributed by atoms with Crippen LogP contribution in [0.1, 0.15) is 20.3 Å². The zero-order valence-corrected chi connectivity index (χ0v) is 10.2. The molecule has 0 aromatic carbocycles. The second-order valence-electron chi connectivity index (χ2n) is 3.68. The van der Waals surface area contributed by atoms with Gasteiger partial charge < -0.3 is 10.4 Å². The van der Waals surface area contributed by atoms with Gasteiger partial charge in [-0.2, -0.15) is 0 Å². The van der Waals surface area contributed by atoms with E-state index >= 15 is 0 Å². The first kappa shape index (κ1) is 12.6. The van der Waals surface area contributed by atoms with Gasteiger partial charge in [0, 0.05) is 6.20 Å². The molecule has 1 rings (SSSR count). The summed E-state index contributed by atoms with van der Waals surface area (Å²) >= 11 is 11.7. The lowest BCUT2D eigenvalue weighted by atomic mass is 10.0. The maximum absolute atomic E-state index is 9.23. The Labute approximate surface area is 99.4 Å². The van der Waals surface area contributed by atoms with Crippen LogP contribution in [0.25, 0.3) is 0 Å². The molecule has 5 heteroatoms. The molecular weight excluding hydrogens is 235 g/mol. The Morgan fingerprint density at radius 1 is 1.53 bits per heavy atom. The molecule has 0 aliphatic heterocycles. The predicted molar refractivity (Wildman–Crippen MR) is 63.7 cm³/mol. The quantitative estimate of drug-likeness (QED) is 0.862. The number of hydrogen-bond acceptors (Lipinski definition) is 3. The number of hydrogen-bond donors (Lipinski definition) is 2. The minimum Gasteiger partial charge on any atom is -0.394 e. The van der Waals surface area contributed by atoms with Crippen molar-refractivity contribution >= 4 is 29.0 Å². The van der Waals surface area contributed by atoms with Crippen molar-refractivity contribution in [1.82, 2.24) is 4.98 Å². The molecule has 0 fully saturated rings. The number of aromatic nitrogens is 1. The standard InChI is InChI=1S/C10H14Cl2N2O/c1-3-10(2,6-15)14-9-8(12)4-7(11)5-13-9/h4-5,15H,3,6H2,1-2H3,(H,13,14). The molecule has 2 N–H and O–H groups in total. The predicted octanol–water partition coefficient (Wildman–Crippen LogP) is 2.96. The fourth-order valence-corrected chi connectivity index (χ4v) is 1.46. The molecule has 0 aliphatic carbocycles. The van der Waals surface area contributed by atoms with Crippen molar-refractivity contribution in [3.8, 4) is 0 Å². The zero-order valence-electron chi connectivity index (χ0n) is 8.72. The van der Waals surface area contributed by atoms with Gasteiger partial charge in [-0.05, 0) is 19.4 Å². The number of halogens is 2. The van der Waals surface area contributed by atoms with Crippen LogP contribution in [-0.4, -0.2) is 22.2 Å². The summed E-state index contributed by atoms with van der Waals surface area (Å²) in [5.74, 6) is 0.541. The number of nitrogens with one attached hydrogen (secondary N) is 1. The third kappa shape index (κ3) is 3.23. The van der Waals surface area contributed by atoms with Gasteiger partial charge in [-0.25, -0.2) is 4.98 Å². The molecule has 1 aromatic heterocycles. The lowest BCUT2D eigenvalue weighted by molar-refractivity contribution is 0.218. The molecule has 0 saturated heterocycles. The SMILES string of the molecule is CCC(C)(CO)Nc1ncc(Cl)cc1Cl. The summed E-state index contributed by atoms with van der Waals surface area (Å²) in [4.78, 5) is 4.07. The Bertz CT molecular complexity index is 340. The number of anilines is 1. The molecule has 0 saturated carbocycles. The highest BCUT2D eigenvalue weighted by Crippen LogP contribution is 2.26. The number of pyridine rings is 1. The minimum absolute atomic E-state index is 0.0180.